The quantitative estimate of drug-likeness (QED) is 0.328. The molecule has 0 saturated heterocycles. The fourth-order valence-electron chi connectivity index (χ4n) is 2.09. The van der Waals surface area contributed by atoms with E-state index in [-0.39, 0.29) is 10.3 Å². The van der Waals surface area contributed by atoms with Gasteiger partial charge in [-0.15, -0.1) is 0 Å². The normalized spacial score (nSPS) is 11.0. The first-order chi connectivity index (χ1) is 11.6. The number of nitro benzene ring substituents is 1. The average Bonchev–Trinajstić information content (AvgIpc) is 2.95. The van der Waals surface area contributed by atoms with Gasteiger partial charge in [0.25, 0.3) is 0 Å². The molecule has 0 amide bonds. The maximum Gasteiger partial charge on any atom is 0.311 e. The number of aromatic hydroxyl groups is 1. The lowest BCUT2D eigenvalue weighted by molar-refractivity contribution is -0.385. The number of hydrogen-bond donors (Lipinski definition) is 2. The standard InChI is InChI=1S/C15H11N5O3S/c21-13-11(7-4-8-12(13)20(22)23)9-16-19-14(17-18-15(19)24)10-5-2-1-3-6-10/h1-9,21H,(H,18,24). The number of benzene rings is 2. The van der Waals surface area contributed by atoms with E-state index in [2.05, 4.69) is 15.3 Å². The van der Waals surface area contributed by atoms with Gasteiger partial charge < -0.3 is 5.11 Å². The van der Waals surface area contributed by atoms with E-state index < -0.39 is 16.4 Å². The van der Waals surface area contributed by atoms with Gasteiger partial charge >= 0.3 is 5.69 Å². The molecule has 120 valence electrons. The zero-order valence-corrected chi connectivity index (χ0v) is 13.0. The molecule has 2 N–H and O–H groups in total. The van der Waals surface area contributed by atoms with Gasteiger partial charge in [-0.1, -0.05) is 36.4 Å². The van der Waals surface area contributed by atoms with Gasteiger partial charge in [0.05, 0.1) is 11.1 Å². The van der Waals surface area contributed by atoms with Gasteiger partial charge in [0.1, 0.15) is 0 Å². The average molecular weight is 341 g/mol. The summed E-state index contributed by atoms with van der Waals surface area (Å²) in [5, 5.41) is 31.8. The van der Waals surface area contributed by atoms with Gasteiger partial charge in [-0.2, -0.15) is 14.9 Å². The Labute approximate surface area is 140 Å². The fourth-order valence-corrected chi connectivity index (χ4v) is 2.27. The van der Waals surface area contributed by atoms with Crippen molar-refractivity contribution < 1.29 is 10.0 Å². The molecule has 1 heterocycles. The third-order valence-electron chi connectivity index (χ3n) is 3.24. The number of nitrogens with zero attached hydrogens (tertiary/aromatic N) is 4. The molecule has 2 aromatic carbocycles. The van der Waals surface area contributed by atoms with E-state index in [9.17, 15) is 15.2 Å². The third kappa shape index (κ3) is 2.92. The second-order valence-electron chi connectivity index (χ2n) is 4.75. The number of phenols is 1. The molecule has 0 unspecified atom stereocenters. The van der Waals surface area contributed by atoms with E-state index in [0.29, 0.717) is 5.82 Å². The van der Waals surface area contributed by atoms with Crippen molar-refractivity contribution in [3.63, 3.8) is 0 Å². The summed E-state index contributed by atoms with van der Waals surface area (Å²) in [6.07, 6.45) is 1.29. The Kier molecular flexibility index (Phi) is 4.17. The molecule has 9 heteroatoms. The monoisotopic (exact) mass is 341 g/mol. The van der Waals surface area contributed by atoms with Crippen LogP contribution in [0.5, 0.6) is 5.75 Å². The third-order valence-corrected chi connectivity index (χ3v) is 3.50. The number of nitrogens with one attached hydrogen (secondary N) is 1. The number of aromatic amines is 1. The molecule has 0 atom stereocenters. The Hall–Kier alpha value is -3.33. The van der Waals surface area contributed by atoms with Crippen LogP contribution >= 0.6 is 12.2 Å². The molecular weight excluding hydrogens is 330 g/mol. The molecule has 8 nitrogen and oxygen atoms in total. The lowest BCUT2D eigenvalue weighted by Gasteiger charge is -2.02. The number of phenolic OH excluding ortho intramolecular Hbond substituents is 1. The minimum Gasteiger partial charge on any atom is -0.502 e. The molecular formula is C15H11N5O3S. The smallest absolute Gasteiger partial charge is 0.311 e. The Bertz CT molecular complexity index is 978. The number of aromatic nitrogens is 3. The van der Waals surface area contributed by atoms with Gasteiger partial charge in [0, 0.05) is 17.2 Å². The van der Waals surface area contributed by atoms with E-state index in [1.54, 1.807) is 0 Å². The first-order valence-corrected chi connectivity index (χ1v) is 7.22. The van der Waals surface area contributed by atoms with Crippen LogP contribution in [0, 0.1) is 14.9 Å². The van der Waals surface area contributed by atoms with Crippen molar-refractivity contribution in [1.82, 2.24) is 14.9 Å². The summed E-state index contributed by atoms with van der Waals surface area (Å²) in [6.45, 7) is 0. The summed E-state index contributed by atoms with van der Waals surface area (Å²) < 4.78 is 1.64. The molecule has 0 spiro atoms. The van der Waals surface area contributed by atoms with Crippen LogP contribution in [-0.2, 0) is 0 Å². The summed E-state index contributed by atoms with van der Waals surface area (Å²) in [6, 6.07) is 13.5. The molecule has 24 heavy (non-hydrogen) atoms. The van der Waals surface area contributed by atoms with Gasteiger partial charge in [-0.05, 0) is 18.3 Å². The Balaban J connectivity index is 2.03. The molecule has 1 aromatic heterocycles. The molecule has 0 aliphatic carbocycles. The SMILES string of the molecule is O=[N+]([O-])c1cccc(C=Nn2c(-c3ccccc3)n[nH]c2=S)c1O. The Morgan fingerprint density at radius 2 is 2.00 bits per heavy atom. The summed E-state index contributed by atoms with van der Waals surface area (Å²) in [5.41, 5.74) is 0.606. The Morgan fingerprint density at radius 1 is 1.25 bits per heavy atom. The van der Waals surface area contributed by atoms with Crippen LogP contribution in [0.2, 0.25) is 0 Å². The molecule has 3 rings (SSSR count). The van der Waals surface area contributed by atoms with Crippen LogP contribution in [-0.4, -0.2) is 31.1 Å². The minimum atomic E-state index is -0.661. The van der Waals surface area contributed by atoms with E-state index in [1.165, 1.54) is 29.1 Å². The van der Waals surface area contributed by atoms with Crippen molar-refractivity contribution in [3.05, 3.63) is 69.0 Å². The maximum atomic E-state index is 10.9. The van der Waals surface area contributed by atoms with Crippen LogP contribution in [0.3, 0.4) is 0 Å². The largest absolute Gasteiger partial charge is 0.502 e. The van der Waals surface area contributed by atoms with Gasteiger partial charge in [0.2, 0.25) is 10.5 Å². The number of rotatable bonds is 4. The number of hydrogen-bond acceptors (Lipinski definition) is 6. The van der Waals surface area contributed by atoms with Gasteiger partial charge in [-0.3, -0.25) is 10.1 Å². The number of nitro groups is 1. The fraction of sp³-hybridized carbons (Fsp3) is 0. The number of H-pyrrole nitrogens is 1. The van der Waals surface area contributed by atoms with Crippen molar-refractivity contribution >= 4 is 24.1 Å². The van der Waals surface area contributed by atoms with Crippen LogP contribution in [0.15, 0.2) is 53.6 Å². The second-order valence-corrected chi connectivity index (χ2v) is 5.13. The zero-order chi connectivity index (χ0) is 17.1. The summed E-state index contributed by atoms with van der Waals surface area (Å²) in [7, 11) is 0. The molecule has 0 fully saturated rings. The highest BCUT2D eigenvalue weighted by Crippen LogP contribution is 2.28. The molecule has 0 radical (unpaired) electrons. The van der Waals surface area contributed by atoms with Crippen molar-refractivity contribution in [2.24, 2.45) is 5.10 Å². The van der Waals surface area contributed by atoms with Crippen LogP contribution in [0.4, 0.5) is 5.69 Å². The molecule has 0 saturated carbocycles. The van der Waals surface area contributed by atoms with Crippen LogP contribution in [0.25, 0.3) is 11.4 Å². The highest BCUT2D eigenvalue weighted by atomic mass is 32.1. The topological polar surface area (TPSA) is 109 Å². The summed E-state index contributed by atoms with van der Waals surface area (Å²) in [5.74, 6) is 0.0318. The van der Waals surface area contributed by atoms with Gasteiger partial charge in [0.15, 0.2) is 5.82 Å². The Morgan fingerprint density at radius 3 is 2.71 bits per heavy atom. The highest BCUT2D eigenvalue weighted by molar-refractivity contribution is 7.71. The second kappa shape index (κ2) is 6.42. The summed E-state index contributed by atoms with van der Waals surface area (Å²) >= 11 is 5.15. The minimum absolute atomic E-state index is 0.200. The van der Waals surface area contributed by atoms with E-state index in [4.69, 9.17) is 12.2 Å². The van der Waals surface area contributed by atoms with Crippen molar-refractivity contribution in [2.75, 3.05) is 0 Å². The first kappa shape index (κ1) is 15.6. The molecule has 0 aliphatic rings. The van der Waals surface area contributed by atoms with E-state index in [0.717, 1.165) is 5.56 Å². The predicted molar refractivity (Wildman–Crippen MR) is 90.6 cm³/mol. The van der Waals surface area contributed by atoms with Crippen LogP contribution in [0.1, 0.15) is 5.56 Å². The van der Waals surface area contributed by atoms with E-state index in [1.807, 2.05) is 30.3 Å². The van der Waals surface area contributed by atoms with Crippen molar-refractivity contribution in [2.45, 2.75) is 0 Å². The lowest BCUT2D eigenvalue weighted by Crippen LogP contribution is -1.96. The highest BCUT2D eigenvalue weighted by Gasteiger charge is 2.15. The summed E-state index contributed by atoms with van der Waals surface area (Å²) in [4.78, 5) is 10.2. The lowest BCUT2D eigenvalue weighted by atomic mass is 10.2. The molecule has 3 aromatic rings. The number of para-hydroxylation sites is 1. The predicted octanol–water partition coefficient (Wildman–Crippen LogP) is 3.10. The molecule has 0 bridgehead atoms. The first-order valence-electron chi connectivity index (χ1n) is 6.81. The molecule has 0 aliphatic heterocycles. The maximum absolute atomic E-state index is 10.9. The van der Waals surface area contributed by atoms with Crippen LogP contribution < -0.4 is 0 Å². The van der Waals surface area contributed by atoms with Crippen molar-refractivity contribution in [3.8, 4) is 17.1 Å². The van der Waals surface area contributed by atoms with Gasteiger partial charge in [-0.25, -0.2) is 5.10 Å². The zero-order valence-electron chi connectivity index (χ0n) is 12.2. The van der Waals surface area contributed by atoms with Crippen molar-refractivity contribution in [1.29, 1.82) is 0 Å². The van der Waals surface area contributed by atoms with E-state index >= 15 is 0 Å².